The van der Waals surface area contributed by atoms with Crippen molar-refractivity contribution in [3.8, 4) is 5.75 Å². The Bertz CT molecular complexity index is 799. The van der Waals surface area contributed by atoms with Gasteiger partial charge in [-0.15, -0.1) is 0 Å². The molecule has 0 radical (unpaired) electrons. The highest BCUT2D eigenvalue weighted by Crippen LogP contribution is 2.60. The number of benzene rings is 1. The quantitative estimate of drug-likeness (QED) is 0.586. The van der Waals surface area contributed by atoms with Gasteiger partial charge in [0, 0.05) is 6.42 Å². The molecule has 164 valence electrons. The van der Waals surface area contributed by atoms with Gasteiger partial charge in [-0.3, -0.25) is 4.79 Å². The maximum atomic E-state index is 12.5. The van der Waals surface area contributed by atoms with E-state index in [1.54, 1.807) is 0 Å². The predicted octanol–water partition coefficient (Wildman–Crippen LogP) is 4.54. The third kappa shape index (κ3) is 3.60. The van der Waals surface area contributed by atoms with Crippen LogP contribution in [-0.4, -0.2) is 42.2 Å². The van der Waals surface area contributed by atoms with Gasteiger partial charge in [-0.1, -0.05) is 13.0 Å². The maximum Gasteiger partial charge on any atom is 0.311 e. The summed E-state index contributed by atoms with van der Waals surface area (Å²) in [5.41, 5.74) is 2.98. The molecule has 5 unspecified atom stereocenters. The zero-order valence-corrected chi connectivity index (χ0v) is 18.6. The van der Waals surface area contributed by atoms with Crippen LogP contribution in [0.25, 0.3) is 0 Å². The lowest BCUT2D eigenvalue weighted by molar-refractivity contribution is -0.135. The van der Waals surface area contributed by atoms with Gasteiger partial charge >= 0.3 is 5.97 Å². The Hall–Kier alpha value is -1.39. The number of aryl methyl sites for hydroxylation is 1. The first kappa shape index (κ1) is 20.5. The molecule has 4 nitrogen and oxygen atoms in total. The van der Waals surface area contributed by atoms with Gasteiger partial charge < -0.3 is 14.7 Å². The zero-order valence-electron chi connectivity index (χ0n) is 18.6. The molecule has 1 heterocycles. The fourth-order valence-corrected chi connectivity index (χ4v) is 7.27. The number of rotatable bonds is 3. The minimum Gasteiger partial charge on any atom is -0.427 e. The fourth-order valence-electron chi connectivity index (χ4n) is 7.27. The molecule has 3 aliphatic carbocycles. The predicted molar refractivity (Wildman–Crippen MR) is 118 cm³/mol. The molecular weight excluding hydrogens is 374 g/mol. The second-order valence-electron chi connectivity index (χ2n) is 10.8. The molecule has 0 bridgehead atoms. The number of carbonyl (C=O) groups is 1. The van der Waals surface area contributed by atoms with Crippen LogP contribution in [0.1, 0.15) is 75.3 Å². The Kier molecular flexibility index (Phi) is 5.43. The average molecular weight is 412 g/mol. The zero-order chi connectivity index (χ0) is 20.9. The molecule has 1 aromatic carbocycles. The summed E-state index contributed by atoms with van der Waals surface area (Å²) in [5.74, 6) is 3.08. The molecule has 4 heteroatoms. The summed E-state index contributed by atoms with van der Waals surface area (Å²) in [5, 5.41) is 10.6. The van der Waals surface area contributed by atoms with Crippen LogP contribution in [0.5, 0.6) is 5.75 Å². The van der Waals surface area contributed by atoms with Crippen molar-refractivity contribution in [2.24, 2.45) is 23.2 Å². The lowest BCUT2D eigenvalue weighted by atomic mass is 9.55. The molecule has 1 aliphatic heterocycles. The number of esters is 1. The van der Waals surface area contributed by atoms with Crippen molar-refractivity contribution < 1.29 is 14.6 Å². The van der Waals surface area contributed by atoms with Crippen molar-refractivity contribution in [3.63, 3.8) is 0 Å². The Morgan fingerprint density at radius 3 is 2.77 bits per heavy atom. The van der Waals surface area contributed by atoms with Crippen LogP contribution in [-0.2, 0) is 11.2 Å². The SMILES string of the molecule is CN1CCC(CC(=O)Oc2ccc3c(c2)CCC2C3CCC3(C)C(O)CCC23)CC1. The van der Waals surface area contributed by atoms with E-state index in [0.717, 1.165) is 50.9 Å². The first-order chi connectivity index (χ1) is 14.4. The first-order valence-corrected chi connectivity index (χ1v) is 12.1. The summed E-state index contributed by atoms with van der Waals surface area (Å²) >= 11 is 0. The number of ether oxygens (including phenoxy) is 1. The van der Waals surface area contributed by atoms with Crippen LogP contribution in [0.3, 0.4) is 0 Å². The molecule has 0 amide bonds. The monoisotopic (exact) mass is 411 g/mol. The topological polar surface area (TPSA) is 49.8 Å². The second-order valence-corrected chi connectivity index (χ2v) is 10.8. The van der Waals surface area contributed by atoms with Crippen molar-refractivity contribution in [2.45, 2.75) is 76.7 Å². The van der Waals surface area contributed by atoms with E-state index in [9.17, 15) is 9.90 Å². The van der Waals surface area contributed by atoms with Gasteiger partial charge in [0.1, 0.15) is 5.75 Å². The van der Waals surface area contributed by atoms with E-state index in [4.69, 9.17) is 4.74 Å². The van der Waals surface area contributed by atoms with E-state index in [1.807, 2.05) is 6.07 Å². The number of aliphatic hydroxyl groups excluding tert-OH is 1. The summed E-state index contributed by atoms with van der Waals surface area (Å²) in [6.45, 7) is 4.49. The molecule has 3 fully saturated rings. The van der Waals surface area contributed by atoms with Crippen molar-refractivity contribution in [2.75, 3.05) is 20.1 Å². The minimum atomic E-state index is -0.115. The van der Waals surface area contributed by atoms with Gasteiger partial charge in [-0.05, 0) is 124 Å². The number of nitrogens with zero attached hydrogens (tertiary/aromatic N) is 1. The van der Waals surface area contributed by atoms with Crippen LogP contribution >= 0.6 is 0 Å². The van der Waals surface area contributed by atoms with Crippen molar-refractivity contribution in [1.29, 1.82) is 0 Å². The number of fused-ring (bicyclic) bond motifs is 5. The highest BCUT2D eigenvalue weighted by Gasteiger charge is 2.54. The molecular formula is C26H37NO3. The van der Waals surface area contributed by atoms with Gasteiger partial charge in [-0.25, -0.2) is 0 Å². The van der Waals surface area contributed by atoms with E-state index in [-0.39, 0.29) is 17.5 Å². The van der Waals surface area contributed by atoms with Crippen LogP contribution in [0.2, 0.25) is 0 Å². The third-order valence-corrected chi connectivity index (χ3v) is 9.17. The molecule has 2 saturated carbocycles. The highest BCUT2D eigenvalue weighted by molar-refractivity contribution is 5.72. The summed E-state index contributed by atoms with van der Waals surface area (Å²) in [6, 6.07) is 6.39. The molecule has 1 aromatic rings. The van der Waals surface area contributed by atoms with E-state index in [0.29, 0.717) is 30.1 Å². The van der Waals surface area contributed by atoms with E-state index < -0.39 is 0 Å². The Labute approximate surface area is 181 Å². The van der Waals surface area contributed by atoms with Crippen LogP contribution in [0, 0.1) is 23.2 Å². The number of piperidine rings is 1. The number of likely N-dealkylation sites (tertiary alicyclic amines) is 1. The largest absolute Gasteiger partial charge is 0.427 e. The molecule has 0 spiro atoms. The van der Waals surface area contributed by atoms with Crippen LogP contribution < -0.4 is 4.74 Å². The maximum absolute atomic E-state index is 12.5. The summed E-state index contributed by atoms with van der Waals surface area (Å²) in [4.78, 5) is 14.8. The molecule has 5 rings (SSSR count). The van der Waals surface area contributed by atoms with Gasteiger partial charge in [-0.2, -0.15) is 0 Å². The highest BCUT2D eigenvalue weighted by atomic mass is 16.5. The minimum absolute atomic E-state index is 0.0773. The van der Waals surface area contributed by atoms with Crippen LogP contribution in [0.4, 0.5) is 0 Å². The van der Waals surface area contributed by atoms with Gasteiger partial charge in [0.2, 0.25) is 0 Å². The number of hydrogen-bond donors (Lipinski definition) is 1. The standard InChI is InChI=1S/C26H37NO3/c1-26-12-9-21-20-6-4-19(30-25(29)15-17-10-13-27(2)14-11-17)16-18(20)3-5-22(21)23(26)7-8-24(26)28/h4,6,16-17,21-24,28H,3,5,7-15H2,1-2H3. The number of aliphatic hydroxyl groups is 1. The Morgan fingerprint density at radius 2 is 1.97 bits per heavy atom. The molecule has 1 N–H and O–H groups in total. The Morgan fingerprint density at radius 1 is 1.17 bits per heavy atom. The normalized spacial score (nSPS) is 36.6. The van der Waals surface area contributed by atoms with Crippen molar-refractivity contribution in [1.82, 2.24) is 4.90 Å². The van der Waals surface area contributed by atoms with E-state index >= 15 is 0 Å². The molecule has 4 aliphatic rings. The fraction of sp³-hybridized carbons (Fsp3) is 0.731. The summed E-state index contributed by atoms with van der Waals surface area (Å²) < 4.78 is 5.76. The summed E-state index contributed by atoms with van der Waals surface area (Å²) in [7, 11) is 2.15. The lowest BCUT2D eigenvalue weighted by Crippen LogP contribution is -2.43. The van der Waals surface area contributed by atoms with Gasteiger partial charge in [0.25, 0.3) is 0 Å². The third-order valence-electron chi connectivity index (χ3n) is 9.17. The first-order valence-electron chi connectivity index (χ1n) is 12.1. The number of hydrogen-bond acceptors (Lipinski definition) is 4. The van der Waals surface area contributed by atoms with Crippen molar-refractivity contribution in [3.05, 3.63) is 29.3 Å². The average Bonchev–Trinajstić information content (AvgIpc) is 3.04. The van der Waals surface area contributed by atoms with E-state index in [2.05, 4.69) is 31.0 Å². The molecule has 30 heavy (non-hydrogen) atoms. The lowest BCUT2D eigenvalue weighted by Gasteiger charge is -2.50. The van der Waals surface area contributed by atoms with Crippen LogP contribution in [0.15, 0.2) is 18.2 Å². The smallest absolute Gasteiger partial charge is 0.311 e. The number of carbonyl (C=O) groups excluding carboxylic acids is 1. The van der Waals surface area contributed by atoms with Gasteiger partial charge in [0.05, 0.1) is 6.10 Å². The van der Waals surface area contributed by atoms with Crippen molar-refractivity contribution >= 4 is 5.97 Å². The second kappa shape index (κ2) is 7.94. The molecule has 1 saturated heterocycles. The van der Waals surface area contributed by atoms with Gasteiger partial charge in [0.15, 0.2) is 0 Å². The Balaban J connectivity index is 1.25. The summed E-state index contributed by atoms with van der Waals surface area (Å²) in [6.07, 6.45) is 9.35. The van der Waals surface area contributed by atoms with E-state index in [1.165, 1.54) is 30.4 Å². The molecule has 0 aromatic heterocycles. The molecule has 5 atom stereocenters.